The number of hydrogen-bond donors (Lipinski definition) is 1. The lowest BCUT2D eigenvalue weighted by Crippen LogP contribution is -2.37. The van der Waals surface area contributed by atoms with E-state index in [0.29, 0.717) is 79.8 Å². The average molecular weight is 487 g/mol. The van der Waals surface area contributed by atoms with E-state index in [9.17, 15) is 14.0 Å². The second-order valence-corrected chi connectivity index (χ2v) is 8.24. The van der Waals surface area contributed by atoms with E-state index in [1.54, 1.807) is 36.5 Å². The first-order chi connectivity index (χ1) is 17.6. The number of carbonyl (C=O) groups is 2. The predicted molar refractivity (Wildman–Crippen MR) is 130 cm³/mol. The minimum atomic E-state index is -0.600. The normalized spacial score (nSPS) is 14.9. The molecular formula is C26H23FN6O3. The van der Waals surface area contributed by atoms with Gasteiger partial charge in [-0.2, -0.15) is 9.37 Å². The number of halogens is 1. The zero-order chi connectivity index (χ0) is 24.9. The molecule has 10 heteroatoms. The van der Waals surface area contributed by atoms with Gasteiger partial charge in [-0.25, -0.2) is 9.97 Å². The molecule has 36 heavy (non-hydrogen) atoms. The number of unbranched alkanes of at least 4 members (excludes halogenated alkanes) is 1. The Labute approximate surface area is 207 Å². The van der Waals surface area contributed by atoms with Crippen LogP contribution in [0.3, 0.4) is 0 Å². The Hall–Kier alpha value is -4.36. The largest absolute Gasteiger partial charge is 0.378 e. The summed E-state index contributed by atoms with van der Waals surface area (Å²) >= 11 is 0. The molecule has 2 amide bonds. The highest BCUT2D eigenvalue weighted by Crippen LogP contribution is 2.23. The highest BCUT2D eigenvalue weighted by molar-refractivity contribution is 6.21. The summed E-state index contributed by atoms with van der Waals surface area (Å²) in [4.78, 5) is 40.9. The lowest BCUT2D eigenvalue weighted by Gasteiger charge is -2.28. The summed E-state index contributed by atoms with van der Waals surface area (Å²) in [7, 11) is 0. The molecule has 2 aromatic heterocycles. The predicted octanol–water partition coefficient (Wildman–Crippen LogP) is 3.02. The Bertz CT molecular complexity index is 1330. The van der Waals surface area contributed by atoms with E-state index in [1.165, 1.54) is 17.2 Å². The van der Waals surface area contributed by atoms with Crippen molar-refractivity contribution in [2.45, 2.75) is 12.8 Å². The van der Waals surface area contributed by atoms with Gasteiger partial charge in [-0.15, -0.1) is 0 Å². The molecule has 2 aliphatic heterocycles. The molecule has 1 saturated heterocycles. The molecule has 1 aromatic carbocycles. The number of imide groups is 1. The van der Waals surface area contributed by atoms with Crippen LogP contribution in [0.15, 0.2) is 48.8 Å². The molecule has 0 unspecified atom stereocenters. The second kappa shape index (κ2) is 10.5. The Morgan fingerprint density at radius 3 is 2.53 bits per heavy atom. The van der Waals surface area contributed by atoms with E-state index in [1.807, 2.05) is 0 Å². The lowest BCUT2D eigenvalue weighted by atomic mass is 10.1. The summed E-state index contributed by atoms with van der Waals surface area (Å²) in [6.45, 7) is 2.79. The number of carbonyl (C=O) groups excluding carboxylic acids is 2. The number of nitrogens with zero attached hydrogens (tertiary/aromatic N) is 5. The first kappa shape index (κ1) is 23.4. The SMILES string of the molecule is O=C1c2ccccc2C(=O)N1CCCC#Cc1cnc(Nc2ccnc(F)c2)nc1N1CCOCC1. The number of rotatable bonds is 6. The highest BCUT2D eigenvalue weighted by atomic mass is 19.1. The van der Waals surface area contributed by atoms with Crippen LogP contribution < -0.4 is 10.2 Å². The summed E-state index contributed by atoms with van der Waals surface area (Å²) in [5, 5.41) is 3.00. The summed E-state index contributed by atoms with van der Waals surface area (Å²) in [5.74, 6) is 6.11. The number of anilines is 3. The number of hydrogen-bond acceptors (Lipinski definition) is 8. The molecule has 182 valence electrons. The number of aromatic nitrogens is 3. The van der Waals surface area contributed by atoms with Gasteiger partial charge in [0, 0.05) is 44.0 Å². The third-order valence-corrected chi connectivity index (χ3v) is 5.85. The number of pyridine rings is 1. The van der Waals surface area contributed by atoms with Crippen molar-refractivity contribution in [3.63, 3.8) is 0 Å². The number of benzene rings is 1. The van der Waals surface area contributed by atoms with E-state index in [0.717, 1.165) is 0 Å². The summed E-state index contributed by atoms with van der Waals surface area (Å²) in [6, 6.07) is 9.74. The van der Waals surface area contributed by atoms with E-state index in [4.69, 9.17) is 4.74 Å². The van der Waals surface area contributed by atoms with Crippen molar-refractivity contribution in [3.8, 4) is 11.8 Å². The topological polar surface area (TPSA) is 101 Å². The molecule has 1 fully saturated rings. The molecule has 1 N–H and O–H groups in total. The van der Waals surface area contributed by atoms with E-state index < -0.39 is 5.95 Å². The first-order valence-corrected chi connectivity index (χ1v) is 11.6. The van der Waals surface area contributed by atoms with Crippen molar-refractivity contribution in [2.24, 2.45) is 0 Å². The van der Waals surface area contributed by atoms with Crippen molar-refractivity contribution in [3.05, 3.63) is 71.4 Å². The number of nitrogens with one attached hydrogen (secondary N) is 1. The number of amides is 2. The van der Waals surface area contributed by atoms with Crippen molar-refractivity contribution >= 4 is 29.3 Å². The summed E-state index contributed by atoms with van der Waals surface area (Å²) < 4.78 is 18.9. The van der Waals surface area contributed by atoms with Crippen LogP contribution >= 0.6 is 0 Å². The van der Waals surface area contributed by atoms with Crippen LogP contribution in [0.1, 0.15) is 39.1 Å². The van der Waals surface area contributed by atoms with Crippen molar-refractivity contribution in [1.29, 1.82) is 0 Å². The molecule has 2 aliphatic rings. The van der Waals surface area contributed by atoms with Gasteiger partial charge in [0.2, 0.25) is 11.9 Å². The van der Waals surface area contributed by atoms with E-state index in [-0.39, 0.29) is 11.8 Å². The van der Waals surface area contributed by atoms with Crippen molar-refractivity contribution in [2.75, 3.05) is 43.1 Å². The van der Waals surface area contributed by atoms with Crippen LogP contribution in [-0.2, 0) is 4.74 Å². The molecule has 4 heterocycles. The summed E-state index contributed by atoms with van der Waals surface area (Å²) in [6.07, 6.45) is 4.04. The standard InChI is InChI=1S/C26H23FN6O3/c27-22-16-19(9-10-28-22)30-26-29-17-18(23(31-26)32-12-14-36-15-13-32)6-2-1-5-11-33-24(34)20-7-3-4-8-21(20)25(33)35/h3-4,7-10,16-17H,1,5,11-15H2,(H,28,29,30,31). The van der Waals surface area contributed by atoms with Gasteiger partial charge in [-0.1, -0.05) is 24.0 Å². The number of ether oxygens (including phenoxy) is 1. The quantitative estimate of drug-likeness (QED) is 0.246. The van der Waals surface area contributed by atoms with Gasteiger partial charge in [0.1, 0.15) is 5.82 Å². The van der Waals surface area contributed by atoms with E-state index >= 15 is 0 Å². The van der Waals surface area contributed by atoms with Crippen LogP contribution in [0.4, 0.5) is 21.8 Å². The fourth-order valence-corrected chi connectivity index (χ4v) is 4.07. The van der Waals surface area contributed by atoms with Crippen LogP contribution in [0, 0.1) is 17.8 Å². The molecule has 0 bridgehead atoms. The molecule has 0 radical (unpaired) electrons. The molecule has 9 nitrogen and oxygen atoms in total. The monoisotopic (exact) mass is 486 g/mol. The second-order valence-electron chi connectivity index (χ2n) is 8.24. The van der Waals surface area contributed by atoms with Gasteiger partial charge >= 0.3 is 0 Å². The third-order valence-electron chi connectivity index (χ3n) is 5.85. The zero-order valence-corrected chi connectivity index (χ0v) is 19.4. The van der Waals surface area contributed by atoms with Crippen molar-refractivity contribution in [1.82, 2.24) is 19.9 Å². The highest BCUT2D eigenvalue weighted by Gasteiger charge is 2.34. The Balaban J connectivity index is 1.27. The maximum atomic E-state index is 13.4. The van der Waals surface area contributed by atoms with Gasteiger partial charge < -0.3 is 15.0 Å². The van der Waals surface area contributed by atoms with Gasteiger partial charge in [0.25, 0.3) is 11.8 Å². The van der Waals surface area contributed by atoms with Crippen LogP contribution in [0.2, 0.25) is 0 Å². The van der Waals surface area contributed by atoms with Crippen molar-refractivity contribution < 1.29 is 18.7 Å². The Kier molecular flexibility index (Phi) is 6.82. The minimum absolute atomic E-state index is 0.260. The maximum absolute atomic E-state index is 13.4. The fraction of sp³-hybridized carbons (Fsp3) is 0.269. The molecular weight excluding hydrogens is 463 g/mol. The molecule has 0 aliphatic carbocycles. The average Bonchev–Trinajstić information content (AvgIpc) is 3.14. The Morgan fingerprint density at radius 2 is 1.81 bits per heavy atom. The third kappa shape index (κ3) is 5.01. The van der Waals surface area contributed by atoms with Gasteiger partial charge in [0.15, 0.2) is 0 Å². The van der Waals surface area contributed by atoms with Crippen LogP contribution in [0.5, 0.6) is 0 Å². The number of morpholine rings is 1. The number of fused-ring (bicyclic) bond motifs is 1. The van der Waals surface area contributed by atoms with Gasteiger partial charge in [-0.05, 0) is 24.6 Å². The van der Waals surface area contributed by atoms with Gasteiger partial charge in [-0.3, -0.25) is 14.5 Å². The van der Waals surface area contributed by atoms with Crippen LogP contribution in [-0.4, -0.2) is 64.5 Å². The zero-order valence-electron chi connectivity index (χ0n) is 19.4. The summed E-state index contributed by atoms with van der Waals surface area (Å²) in [5.41, 5.74) is 2.04. The molecule has 0 saturated carbocycles. The fourth-order valence-electron chi connectivity index (χ4n) is 4.07. The van der Waals surface area contributed by atoms with Crippen LogP contribution in [0.25, 0.3) is 0 Å². The smallest absolute Gasteiger partial charge is 0.261 e. The lowest BCUT2D eigenvalue weighted by molar-refractivity contribution is 0.0653. The van der Waals surface area contributed by atoms with E-state index in [2.05, 4.69) is 37.0 Å². The molecule has 3 aromatic rings. The molecule has 5 rings (SSSR count). The molecule has 0 atom stereocenters. The first-order valence-electron chi connectivity index (χ1n) is 11.6. The Morgan fingerprint density at radius 1 is 1.06 bits per heavy atom. The van der Waals surface area contributed by atoms with Gasteiger partial charge in [0.05, 0.1) is 36.1 Å². The molecule has 0 spiro atoms. The minimum Gasteiger partial charge on any atom is -0.378 e. The maximum Gasteiger partial charge on any atom is 0.261 e.